The summed E-state index contributed by atoms with van der Waals surface area (Å²) in [6.07, 6.45) is 9.59. The van der Waals surface area contributed by atoms with Crippen LogP contribution < -0.4 is 14.8 Å². The molecule has 2 fully saturated rings. The van der Waals surface area contributed by atoms with Crippen molar-refractivity contribution in [3.63, 3.8) is 0 Å². The maximum absolute atomic E-state index is 10.3. The Kier molecular flexibility index (Phi) is 6.19. The molecule has 1 saturated heterocycles. The molecule has 0 amide bonds. The summed E-state index contributed by atoms with van der Waals surface area (Å²) in [5.74, 6) is 2.52. The van der Waals surface area contributed by atoms with E-state index in [4.69, 9.17) is 14.5 Å². The lowest BCUT2D eigenvalue weighted by Gasteiger charge is -2.21. The van der Waals surface area contributed by atoms with Crippen molar-refractivity contribution in [2.24, 2.45) is 0 Å². The van der Waals surface area contributed by atoms with Gasteiger partial charge in [0.2, 0.25) is 0 Å². The Hall–Kier alpha value is -2.05. The zero-order chi connectivity index (χ0) is 21.2. The molecule has 6 heteroatoms. The molecule has 2 atom stereocenters. The molecule has 0 bridgehead atoms. The molecule has 3 aliphatic rings. The molecule has 1 saturated carbocycles. The Balaban J connectivity index is 1.38. The van der Waals surface area contributed by atoms with Gasteiger partial charge < -0.3 is 24.8 Å². The molecule has 0 radical (unpaired) electrons. The lowest BCUT2D eigenvalue weighted by molar-refractivity contribution is 0.171. The summed E-state index contributed by atoms with van der Waals surface area (Å²) < 4.78 is 11.8. The van der Waals surface area contributed by atoms with Gasteiger partial charge in [0.25, 0.3) is 0 Å². The number of anilines is 1. The maximum Gasteiger partial charge on any atom is 0.163 e. The largest absolute Gasteiger partial charge is 0.493 e. The lowest BCUT2D eigenvalue weighted by atomic mass is 10.0. The van der Waals surface area contributed by atoms with Gasteiger partial charge in [0.15, 0.2) is 11.5 Å². The standard InChI is InChI=1S/C25H35N3O3/c1-30-23-15-19-17-7-4-8-18(17)25(26-20-9-5-10-22(20)29)27-21(19)16-24(23)31-14-6-13-28-11-2-3-12-28/h15-16,20,22,29H,2-14H2,1H3,(H,26,27)/t20-,22+/m1/s1. The molecule has 31 heavy (non-hydrogen) atoms. The van der Waals surface area contributed by atoms with Gasteiger partial charge in [0, 0.05) is 18.0 Å². The zero-order valence-electron chi connectivity index (χ0n) is 18.7. The van der Waals surface area contributed by atoms with E-state index in [1.807, 2.05) is 6.07 Å². The quantitative estimate of drug-likeness (QED) is 0.625. The number of hydrogen-bond donors (Lipinski definition) is 2. The van der Waals surface area contributed by atoms with Crippen LogP contribution in [0.25, 0.3) is 10.9 Å². The Morgan fingerprint density at radius 3 is 2.68 bits per heavy atom. The highest BCUT2D eigenvalue weighted by Crippen LogP contribution is 2.40. The summed E-state index contributed by atoms with van der Waals surface area (Å²) in [5.41, 5.74) is 3.64. The van der Waals surface area contributed by atoms with Crippen LogP contribution >= 0.6 is 0 Å². The smallest absolute Gasteiger partial charge is 0.163 e. The number of aliphatic hydroxyl groups is 1. The van der Waals surface area contributed by atoms with E-state index in [9.17, 15) is 5.11 Å². The van der Waals surface area contributed by atoms with Gasteiger partial charge in [0.1, 0.15) is 5.82 Å². The summed E-state index contributed by atoms with van der Waals surface area (Å²) in [6.45, 7) is 4.22. The number of pyridine rings is 1. The predicted octanol–water partition coefficient (Wildman–Crippen LogP) is 3.92. The number of ether oxygens (including phenoxy) is 2. The van der Waals surface area contributed by atoms with E-state index < -0.39 is 0 Å². The van der Waals surface area contributed by atoms with Crippen LogP contribution in [0.5, 0.6) is 11.5 Å². The van der Waals surface area contributed by atoms with Crippen LogP contribution in [0.2, 0.25) is 0 Å². The van der Waals surface area contributed by atoms with E-state index in [0.717, 1.165) is 74.3 Å². The fourth-order valence-electron chi connectivity index (χ4n) is 5.53. The van der Waals surface area contributed by atoms with Crippen molar-refractivity contribution in [3.05, 3.63) is 23.3 Å². The SMILES string of the molecule is COc1cc2c3c(c(N[C@@H]4CCC[C@@H]4O)nc2cc1OCCCN1CCCC1)CCC3. The van der Waals surface area contributed by atoms with Crippen molar-refractivity contribution in [1.82, 2.24) is 9.88 Å². The van der Waals surface area contributed by atoms with Gasteiger partial charge >= 0.3 is 0 Å². The number of methoxy groups -OCH3 is 1. The molecule has 2 aromatic rings. The molecule has 1 aromatic heterocycles. The molecule has 0 spiro atoms. The normalized spacial score (nSPS) is 23.4. The number of fused-ring (bicyclic) bond motifs is 3. The highest BCUT2D eigenvalue weighted by Gasteiger charge is 2.28. The fourth-order valence-corrected chi connectivity index (χ4v) is 5.53. The zero-order valence-corrected chi connectivity index (χ0v) is 18.7. The number of aliphatic hydroxyl groups excluding tert-OH is 1. The van der Waals surface area contributed by atoms with Crippen LogP contribution in [0.3, 0.4) is 0 Å². The fraction of sp³-hybridized carbons (Fsp3) is 0.640. The van der Waals surface area contributed by atoms with E-state index in [2.05, 4.69) is 16.3 Å². The number of nitrogens with zero attached hydrogens (tertiary/aromatic N) is 2. The Bertz CT molecular complexity index is 926. The number of hydrogen-bond acceptors (Lipinski definition) is 6. The topological polar surface area (TPSA) is 66.8 Å². The third-order valence-corrected chi connectivity index (χ3v) is 7.22. The second-order valence-electron chi connectivity index (χ2n) is 9.29. The Morgan fingerprint density at radius 1 is 1.06 bits per heavy atom. The molecule has 1 aliphatic heterocycles. The predicted molar refractivity (Wildman–Crippen MR) is 123 cm³/mol. The first-order chi connectivity index (χ1) is 15.2. The molecule has 2 heterocycles. The van der Waals surface area contributed by atoms with E-state index in [-0.39, 0.29) is 12.1 Å². The van der Waals surface area contributed by atoms with Crippen LogP contribution in [-0.4, -0.2) is 60.5 Å². The molecular weight excluding hydrogens is 390 g/mol. The van der Waals surface area contributed by atoms with Gasteiger partial charge in [-0.2, -0.15) is 0 Å². The van der Waals surface area contributed by atoms with Crippen LogP contribution in [0, 0.1) is 0 Å². The second-order valence-corrected chi connectivity index (χ2v) is 9.29. The molecular formula is C25H35N3O3. The van der Waals surface area contributed by atoms with Crippen molar-refractivity contribution in [1.29, 1.82) is 0 Å². The first kappa shape index (κ1) is 20.8. The number of benzene rings is 1. The monoisotopic (exact) mass is 425 g/mol. The van der Waals surface area contributed by atoms with Crippen molar-refractivity contribution < 1.29 is 14.6 Å². The van der Waals surface area contributed by atoms with Gasteiger partial charge in [0.05, 0.1) is 31.4 Å². The number of aryl methyl sites for hydroxylation is 1. The van der Waals surface area contributed by atoms with Gasteiger partial charge in [-0.15, -0.1) is 0 Å². The summed E-state index contributed by atoms with van der Waals surface area (Å²) in [7, 11) is 1.71. The van der Waals surface area contributed by atoms with Crippen molar-refractivity contribution in [2.75, 3.05) is 38.7 Å². The van der Waals surface area contributed by atoms with Crippen LogP contribution in [0.15, 0.2) is 12.1 Å². The maximum atomic E-state index is 10.3. The number of likely N-dealkylation sites (tertiary alicyclic amines) is 1. The van der Waals surface area contributed by atoms with Crippen molar-refractivity contribution >= 4 is 16.7 Å². The number of aromatic nitrogens is 1. The third-order valence-electron chi connectivity index (χ3n) is 7.22. The Labute approximate surface area is 184 Å². The van der Waals surface area contributed by atoms with Crippen LogP contribution in [0.4, 0.5) is 5.82 Å². The minimum atomic E-state index is -0.278. The minimum absolute atomic E-state index is 0.106. The lowest BCUT2D eigenvalue weighted by Crippen LogP contribution is -2.29. The molecule has 6 nitrogen and oxygen atoms in total. The summed E-state index contributed by atoms with van der Waals surface area (Å²) >= 11 is 0. The molecule has 168 valence electrons. The average Bonchev–Trinajstić information content (AvgIpc) is 3.54. The van der Waals surface area contributed by atoms with Crippen LogP contribution in [0.1, 0.15) is 56.1 Å². The van der Waals surface area contributed by atoms with Gasteiger partial charge in [-0.3, -0.25) is 0 Å². The number of rotatable bonds is 8. The van der Waals surface area contributed by atoms with E-state index in [0.29, 0.717) is 6.61 Å². The molecule has 2 N–H and O–H groups in total. The average molecular weight is 426 g/mol. The summed E-state index contributed by atoms with van der Waals surface area (Å²) in [5, 5.41) is 15.0. The van der Waals surface area contributed by atoms with Crippen molar-refractivity contribution in [3.8, 4) is 11.5 Å². The highest BCUT2D eigenvalue weighted by molar-refractivity contribution is 5.89. The molecule has 2 aliphatic carbocycles. The van der Waals surface area contributed by atoms with E-state index >= 15 is 0 Å². The first-order valence-corrected chi connectivity index (χ1v) is 12.1. The summed E-state index contributed by atoms with van der Waals surface area (Å²) in [6, 6.07) is 4.25. The van der Waals surface area contributed by atoms with Crippen molar-refractivity contribution in [2.45, 2.75) is 69.9 Å². The highest BCUT2D eigenvalue weighted by atomic mass is 16.5. The van der Waals surface area contributed by atoms with Gasteiger partial charge in [-0.05, 0) is 88.1 Å². The van der Waals surface area contributed by atoms with Gasteiger partial charge in [-0.25, -0.2) is 4.98 Å². The van der Waals surface area contributed by atoms with Crippen LogP contribution in [-0.2, 0) is 12.8 Å². The number of nitrogens with one attached hydrogen (secondary N) is 1. The second kappa shape index (κ2) is 9.21. The molecule has 1 aromatic carbocycles. The first-order valence-electron chi connectivity index (χ1n) is 12.1. The molecule has 0 unspecified atom stereocenters. The van der Waals surface area contributed by atoms with E-state index in [1.165, 1.54) is 42.4 Å². The Morgan fingerprint density at radius 2 is 1.90 bits per heavy atom. The van der Waals surface area contributed by atoms with E-state index in [1.54, 1.807) is 7.11 Å². The summed E-state index contributed by atoms with van der Waals surface area (Å²) in [4.78, 5) is 7.52. The van der Waals surface area contributed by atoms with Gasteiger partial charge in [-0.1, -0.05) is 0 Å². The minimum Gasteiger partial charge on any atom is -0.493 e. The third kappa shape index (κ3) is 4.33. The molecule has 5 rings (SSSR count).